The minimum Gasteiger partial charge on any atom is -0.495 e. The SMILES string of the molecule is COc1cc(OC)c(NCc2sc(C)nc2C)cc1Cl. The van der Waals surface area contributed by atoms with Crippen molar-refractivity contribution in [1.82, 2.24) is 4.98 Å². The number of thiazole rings is 1. The van der Waals surface area contributed by atoms with Gasteiger partial charge in [-0.15, -0.1) is 11.3 Å². The highest BCUT2D eigenvalue weighted by molar-refractivity contribution is 7.11. The van der Waals surface area contributed by atoms with Crippen LogP contribution in [0.2, 0.25) is 5.02 Å². The minimum atomic E-state index is 0.549. The smallest absolute Gasteiger partial charge is 0.145 e. The maximum absolute atomic E-state index is 6.15. The second kappa shape index (κ2) is 6.33. The Morgan fingerprint density at radius 3 is 2.45 bits per heavy atom. The maximum atomic E-state index is 6.15. The molecule has 6 heteroatoms. The van der Waals surface area contributed by atoms with Crippen LogP contribution in [-0.2, 0) is 6.54 Å². The van der Waals surface area contributed by atoms with Gasteiger partial charge in [-0.2, -0.15) is 0 Å². The van der Waals surface area contributed by atoms with Gasteiger partial charge in [-0.05, 0) is 19.9 Å². The molecule has 4 nitrogen and oxygen atoms in total. The molecule has 0 aliphatic carbocycles. The Kier molecular flexibility index (Phi) is 4.73. The third-order valence-corrected chi connectivity index (χ3v) is 4.28. The van der Waals surface area contributed by atoms with E-state index in [9.17, 15) is 0 Å². The molecule has 0 radical (unpaired) electrons. The number of anilines is 1. The number of hydrogen-bond donors (Lipinski definition) is 1. The molecular weight excluding hydrogens is 296 g/mol. The average Bonchev–Trinajstić information content (AvgIpc) is 2.74. The molecule has 0 atom stereocenters. The second-order valence-electron chi connectivity index (χ2n) is 4.28. The van der Waals surface area contributed by atoms with Crippen molar-refractivity contribution >= 4 is 28.6 Å². The van der Waals surface area contributed by atoms with Crippen molar-refractivity contribution in [2.75, 3.05) is 19.5 Å². The lowest BCUT2D eigenvalue weighted by molar-refractivity contribution is 0.395. The average molecular weight is 313 g/mol. The fourth-order valence-corrected chi connectivity index (χ4v) is 3.03. The number of halogens is 1. The molecule has 2 aromatic rings. The lowest BCUT2D eigenvalue weighted by Crippen LogP contribution is -2.02. The Morgan fingerprint density at radius 2 is 1.90 bits per heavy atom. The van der Waals surface area contributed by atoms with E-state index in [1.807, 2.05) is 19.9 Å². The van der Waals surface area contributed by atoms with Crippen LogP contribution in [-0.4, -0.2) is 19.2 Å². The van der Waals surface area contributed by atoms with E-state index in [1.54, 1.807) is 31.6 Å². The predicted octanol–water partition coefficient (Wildman–Crippen LogP) is 4.04. The Bertz CT molecular complexity index is 613. The molecule has 108 valence electrons. The zero-order valence-corrected chi connectivity index (χ0v) is 13.5. The molecule has 1 heterocycles. The molecule has 0 saturated carbocycles. The fraction of sp³-hybridized carbons (Fsp3) is 0.357. The summed E-state index contributed by atoms with van der Waals surface area (Å²) in [5.74, 6) is 1.30. The number of methoxy groups -OCH3 is 2. The molecule has 0 saturated heterocycles. The van der Waals surface area contributed by atoms with Crippen molar-refractivity contribution in [1.29, 1.82) is 0 Å². The normalized spacial score (nSPS) is 10.4. The molecule has 1 aromatic carbocycles. The molecule has 0 aliphatic rings. The molecule has 0 fully saturated rings. The summed E-state index contributed by atoms with van der Waals surface area (Å²) in [6.07, 6.45) is 0. The largest absolute Gasteiger partial charge is 0.495 e. The van der Waals surface area contributed by atoms with Crippen LogP contribution in [0.5, 0.6) is 11.5 Å². The van der Waals surface area contributed by atoms with E-state index >= 15 is 0 Å². The number of aryl methyl sites for hydroxylation is 2. The summed E-state index contributed by atoms with van der Waals surface area (Å²) < 4.78 is 10.5. The van der Waals surface area contributed by atoms with E-state index in [-0.39, 0.29) is 0 Å². The van der Waals surface area contributed by atoms with E-state index in [0.717, 1.165) is 16.4 Å². The third kappa shape index (κ3) is 3.16. The number of hydrogen-bond acceptors (Lipinski definition) is 5. The quantitative estimate of drug-likeness (QED) is 0.904. The minimum absolute atomic E-state index is 0.549. The molecule has 1 aromatic heterocycles. The number of rotatable bonds is 5. The Hall–Kier alpha value is -1.46. The molecule has 2 rings (SSSR count). The highest BCUT2D eigenvalue weighted by Gasteiger charge is 2.11. The van der Waals surface area contributed by atoms with E-state index in [1.165, 1.54) is 4.88 Å². The molecule has 1 N–H and O–H groups in total. The number of nitrogens with one attached hydrogen (secondary N) is 1. The summed E-state index contributed by atoms with van der Waals surface area (Å²) in [7, 11) is 3.20. The first-order valence-corrected chi connectivity index (χ1v) is 7.33. The van der Waals surface area contributed by atoms with Crippen molar-refractivity contribution in [3.8, 4) is 11.5 Å². The Labute approximate surface area is 127 Å². The summed E-state index contributed by atoms with van der Waals surface area (Å²) in [5, 5.41) is 4.95. The van der Waals surface area contributed by atoms with E-state index in [4.69, 9.17) is 21.1 Å². The van der Waals surface area contributed by atoms with Gasteiger partial charge in [0.25, 0.3) is 0 Å². The first-order chi connectivity index (χ1) is 9.55. The topological polar surface area (TPSA) is 43.4 Å². The molecule has 0 bridgehead atoms. The summed E-state index contributed by atoms with van der Waals surface area (Å²) in [4.78, 5) is 5.62. The summed E-state index contributed by atoms with van der Waals surface area (Å²) >= 11 is 7.83. The van der Waals surface area contributed by atoms with Gasteiger partial charge in [0.15, 0.2) is 0 Å². The van der Waals surface area contributed by atoms with Gasteiger partial charge in [0.2, 0.25) is 0 Å². The van der Waals surface area contributed by atoms with Crippen molar-refractivity contribution in [2.24, 2.45) is 0 Å². The van der Waals surface area contributed by atoms with Crippen LogP contribution in [0.15, 0.2) is 12.1 Å². The maximum Gasteiger partial charge on any atom is 0.145 e. The monoisotopic (exact) mass is 312 g/mol. The molecular formula is C14H17ClN2O2S. The van der Waals surface area contributed by atoms with Crippen molar-refractivity contribution in [3.63, 3.8) is 0 Å². The summed E-state index contributed by atoms with van der Waals surface area (Å²) in [6, 6.07) is 3.58. The Morgan fingerprint density at radius 1 is 1.20 bits per heavy atom. The lowest BCUT2D eigenvalue weighted by atomic mass is 10.2. The van der Waals surface area contributed by atoms with Crippen LogP contribution < -0.4 is 14.8 Å². The van der Waals surface area contributed by atoms with Gasteiger partial charge in [0.05, 0.1) is 42.2 Å². The zero-order chi connectivity index (χ0) is 14.7. The first-order valence-electron chi connectivity index (χ1n) is 6.13. The van der Waals surface area contributed by atoms with Crippen molar-refractivity contribution < 1.29 is 9.47 Å². The van der Waals surface area contributed by atoms with Gasteiger partial charge in [-0.1, -0.05) is 11.6 Å². The molecule has 0 amide bonds. The van der Waals surface area contributed by atoms with Crippen LogP contribution in [0.25, 0.3) is 0 Å². The standard InChI is InChI=1S/C14H17ClN2O2S/c1-8-14(20-9(2)17-8)7-16-11-5-10(15)12(18-3)6-13(11)19-4/h5-6,16H,7H2,1-4H3. The number of nitrogens with zero attached hydrogens (tertiary/aromatic N) is 1. The first kappa shape index (κ1) is 14.9. The summed E-state index contributed by atoms with van der Waals surface area (Å²) in [6.45, 7) is 4.71. The van der Waals surface area contributed by atoms with Gasteiger partial charge in [0, 0.05) is 10.9 Å². The van der Waals surface area contributed by atoms with Gasteiger partial charge < -0.3 is 14.8 Å². The second-order valence-corrected chi connectivity index (χ2v) is 5.98. The Balaban J connectivity index is 2.20. The van der Waals surface area contributed by atoms with Gasteiger partial charge in [0.1, 0.15) is 11.5 Å². The fourth-order valence-electron chi connectivity index (χ4n) is 1.91. The van der Waals surface area contributed by atoms with Crippen LogP contribution >= 0.6 is 22.9 Å². The molecule has 20 heavy (non-hydrogen) atoms. The summed E-state index contributed by atoms with van der Waals surface area (Å²) in [5.41, 5.74) is 1.89. The van der Waals surface area contributed by atoms with Gasteiger partial charge in [-0.25, -0.2) is 4.98 Å². The predicted molar refractivity (Wildman–Crippen MR) is 83.5 cm³/mol. The van der Waals surface area contributed by atoms with E-state index in [2.05, 4.69) is 10.3 Å². The number of benzene rings is 1. The van der Waals surface area contributed by atoms with Crippen LogP contribution in [0, 0.1) is 13.8 Å². The van der Waals surface area contributed by atoms with Gasteiger partial charge >= 0.3 is 0 Å². The van der Waals surface area contributed by atoms with E-state index < -0.39 is 0 Å². The molecule has 0 aliphatic heterocycles. The third-order valence-electron chi connectivity index (χ3n) is 2.91. The van der Waals surface area contributed by atoms with Crippen LogP contribution in [0.1, 0.15) is 15.6 Å². The van der Waals surface area contributed by atoms with Crippen molar-refractivity contribution in [2.45, 2.75) is 20.4 Å². The lowest BCUT2D eigenvalue weighted by Gasteiger charge is -2.13. The molecule has 0 spiro atoms. The zero-order valence-electron chi connectivity index (χ0n) is 11.9. The van der Waals surface area contributed by atoms with Crippen LogP contribution in [0.4, 0.5) is 5.69 Å². The van der Waals surface area contributed by atoms with Crippen LogP contribution in [0.3, 0.4) is 0 Å². The molecule has 0 unspecified atom stereocenters. The van der Waals surface area contributed by atoms with E-state index in [0.29, 0.717) is 23.1 Å². The highest BCUT2D eigenvalue weighted by atomic mass is 35.5. The number of ether oxygens (including phenoxy) is 2. The number of aromatic nitrogens is 1. The highest BCUT2D eigenvalue weighted by Crippen LogP contribution is 2.36. The van der Waals surface area contributed by atoms with Crippen molar-refractivity contribution in [3.05, 3.63) is 32.7 Å². The van der Waals surface area contributed by atoms with Gasteiger partial charge in [-0.3, -0.25) is 0 Å².